The van der Waals surface area contributed by atoms with E-state index in [0.29, 0.717) is 5.41 Å². The second-order valence-electron chi connectivity index (χ2n) is 7.23. The van der Waals surface area contributed by atoms with E-state index < -0.39 is 0 Å². The van der Waals surface area contributed by atoms with Crippen molar-refractivity contribution in [2.75, 3.05) is 0 Å². The average Bonchev–Trinajstić information content (AvgIpc) is 2.42. The third-order valence-corrected chi connectivity index (χ3v) is 3.54. The van der Waals surface area contributed by atoms with Gasteiger partial charge in [-0.25, -0.2) is 0 Å². The molecule has 0 aromatic rings. The highest BCUT2D eigenvalue weighted by Crippen LogP contribution is 2.29. The van der Waals surface area contributed by atoms with E-state index in [-0.39, 0.29) is 0 Å². The van der Waals surface area contributed by atoms with Crippen LogP contribution in [-0.4, -0.2) is 0 Å². The molecule has 0 aliphatic heterocycles. The van der Waals surface area contributed by atoms with Gasteiger partial charge in [-0.05, 0) is 30.6 Å². The Kier molecular flexibility index (Phi) is 19.7. The molecule has 1 aliphatic rings. The van der Waals surface area contributed by atoms with Crippen LogP contribution in [-0.2, 0) is 0 Å². The number of hydrogen-bond donors (Lipinski definition) is 0. The second kappa shape index (κ2) is 16.1. The van der Waals surface area contributed by atoms with Crippen LogP contribution >= 0.6 is 0 Å². The molecule has 0 saturated heterocycles. The van der Waals surface area contributed by atoms with Crippen molar-refractivity contribution >= 4 is 0 Å². The van der Waals surface area contributed by atoms with Crippen LogP contribution in [0, 0.1) is 17.3 Å². The Morgan fingerprint density at radius 1 is 0.952 bits per heavy atom. The van der Waals surface area contributed by atoms with Crippen LogP contribution in [0.4, 0.5) is 0 Å². The van der Waals surface area contributed by atoms with Crippen LogP contribution in [0.2, 0.25) is 0 Å². The van der Waals surface area contributed by atoms with E-state index in [1.807, 2.05) is 27.7 Å². The van der Waals surface area contributed by atoms with Crippen LogP contribution in [0.15, 0.2) is 12.2 Å². The maximum atomic E-state index is 3.84. The smallest absolute Gasteiger partial charge is 0.0277 e. The summed E-state index contributed by atoms with van der Waals surface area (Å²) in [6.07, 6.45) is 8.51. The zero-order valence-corrected chi connectivity index (χ0v) is 17.1. The molecule has 0 heteroatoms. The highest BCUT2D eigenvalue weighted by atomic mass is 14.2. The maximum absolute atomic E-state index is 3.84. The summed E-state index contributed by atoms with van der Waals surface area (Å²) in [5.41, 5.74) is 1.70. The standard InChI is InChI=1S/C9H18.C8H16.2C2H6/c1-3-9-6-4-8(2)5-7-9;1-7(2)6-8(3,4)5;2*1-2/h8-9H,3-7H2,1-2H3;1,6H2,2-5H3;2*1-2H3. The van der Waals surface area contributed by atoms with Gasteiger partial charge in [0.1, 0.15) is 0 Å². The van der Waals surface area contributed by atoms with Gasteiger partial charge in [-0.15, -0.1) is 6.58 Å². The maximum Gasteiger partial charge on any atom is -0.0277 e. The lowest BCUT2D eigenvalue weighted by Gasteiger charge is -2.24. The van der Waals surface area contributed by atoms with Crippen molar-refractivity contribution in [1.82, 2.24) is 0 Å². The topological polar surface area (TPSA) is 0 Å². The summed E-state index contributed by atoms with van der Waals surface area (Å²) in [4.78, 5) is 0. The van der Waals surface area contributed by atoms with Crippen molar-refractivity contribution in [2.45, 2.75) is 108 Å². The van der Waals surface area contributed by atoms with Crippen molar-refractivity contribution < 1.29 is 0 Å². The van der Waals surface area contributed by atoms with E-state index in [9.17, 15) is 0 Å². The van der Waals surface area contributed by atoms with Crippen LogP contribution < -0.4 is 0 Å². The molecule has 0 bridgehead atoms. The van der Waals surface area contributed by atoms with Gasteiger partial charge in [0.2, 0.25) is 0 Å². The lowest BCUT2D eigenvalue weighted by atomic mass is 9.82. The third-order valence-electron chi connectivity index (χ3n) is 3.54. The fourth-order valence-electron chi connectivity index (χ4n) is 2.64. The van der Waals surface area contributed by atoms with E-state index in [1.54, 1.807) is 0 Å². The molecule has 0 atom stereocenters. The molecule has 0 amide bonds. The molecule has 0 nitrogen and oxygen atoms in total. The highest BCUT2D eigenvalue weighted by Gasteiger charge is 2.15. The molecule has 0 spiro atoms. The summed E-state index contributed by atoms with van der Waals surface area (Å²) in [7, 11) is 0. The van der Waals surface area contributed by atoms with Gasteiger partial charge in [0, 0.05) is 0 Å². The first-order valence-corrected chi connectivity index (χ1v) is 9.39. The SMILES string of the molecule is C=C(C)CC(C)(C)C.CC.CC.CCC1CCC(C)CC1. The Morgan fingerprint density at radius 2 is 1.33 bits per heavy atom. The molecule has 0 heterocycles. The molecule has 1 aliphatic carbocycles. The molecule has 0 aromatic heterocycles. The molecule has 0 N–H and O–H groups in total. The van der Waals surface area contributed by atoms with Crippen molar-refractivity contribution in [3.8, 4) is 0 Å². The number of rotatable bonds is 2. The predicted octanol–water partition coefficient (Wildman–Crippen LogP) is 8.27. The van der Waals surface area contributed by atoms with Gasteiger partial charge in [0.25, 0.3) is 0 Å². The Bertz CT molecular complexity index is 199. The first kappa shape index (κ1) is 25.7. The largest absolute Gasteiger partial charge is 0.100 e. The van der Waals surface area contributed by atoms with Crippen LogP contribution in [0.5, 0.6) is 0 Å². The van der Waals surface area contributed by atoms with Gasteiger partial charge in [0.05, 0.1) is 0 Å². The summed E-state index contributed by atoms with van der Waals surface area (Å²) in [6.45, 7) is 25.3. The predicted molar refractivity (Wildman–Crippen MR) is 103 cm³/mol. The Balaban J connectivity index is -0.000000251. The van der Waals surface area contributed by atoms with Crippen molar-refractivity contribution in [1.29, 1.82) is 0 Å². The lowest BCUT2D eigenvalue weighted by Crippen LogP contribution is -2.10. The average molecular weight is 299 g/mol. The highest BCUT2D eigenvalue weighted by molar-refractivity contribution is 4.92. The third kappa shape index (κ3) is 22.2. The summed E-state index contributed by atoms with van der Waals surface area (Å²) in [6, 6.07) is 0. The van der Waals surface area contributed by atoms with Crippen LogP contribution in [0.25, 0.3) is 0 Å². The molecule has 0 aromatic carbocycles. The monoisotopic (exact) mass is 298 g/mol. The molecule has 1 rings (SSSR count). The summed E-state index contributed by atoms with van der Waals surface area (Å²) < 4.78 is 0. The molecular formula is C21H46. The first-order valence-electron chi connectivity index (χ1n) is 9.39. The van der Waals surface area contributed by atoms with E-state index in [1.165, 1.54) is 37.7 Å². The first-order chi connectivity index (χ1) is 9.74. The minimum absolute atomic E-state index is 0.422. The van der Waals surface area contributed by atoms with E-state index >= 15 is 0 Å². The van der Waals surface area contributed by atoms with Gasteiger partial charge in [-0.2, -0.15) is 0 Å². The second-order valence-corrected chi connectivity index (χ2v) is 7.23. The Labute approximate surface area is 137 Å². The molecule has 1 fully saturated rings. The molecule has 1 saturated carbocycles. The summed E-state index contributed by atoms with van der Waals surface area (Å²) >= 11 is 0. The molecule has 0 radical (unpaired) electrons. The minimum Gasteiger partial charge on any atom is -0.100 e. The van der Waals surface area contributed by atoms with Crippen LogP contribution in [0.1, 0.15) is 108 Å². The fourth-order valence-corrected chi connectivity index (χ4v) is 2.64. The van der Waals surface area contributed by atoms with Gasteiger partial charge in [-0.3, -0.25) is 0 Å². The fraction of sp³-hybridized carbons (Fsp3) is 0.905. The van der Waals surface area contributed by atoms with Crippen LogP contribution in [0.3, 0.4) is 0 Å². The Morgan fingerprint density at radius 3 is 1.52 bits per heavy atom. The summed E-state index contributed by atoms with van der Waals surface area (Å²) in [5.74, 6) is 2.09. The lowest BCUT2D eigenvalue weighted by molar-refractivity contribution is 0.284. The minimum atomic E-state index is 0.422. The van der Waals surface area contributed by atoms with E-state index in [4.69, 9.17) is 0 Å². The number of hydrogen-bond acceptors (Lipinski definition) is 0. The van der Waals surface area contributed by atoms with Crippen molar-refractivity contribution in [3.05, 3.63) is 12.2 Å². The zero-order chi connectivity index (χ0) is 17.5. The number of allylic oxidation sites excluding steroid dienone is 1. The van der Waals surface area contributed by atoms with Gasteiger partial charge >= 0.3 is 0 Å². The van der Waals surface area contributed by atoms with Crippen molar-refractivity contribution in [3.63, 3.8) is 0 Å². The van der Waals surface area contributed by atoms with Crippen molar-refractivity contribution in [2.24, 2.45) is 17.3 Å². The Hall–Kier alpha value is -0.260. The summed E-state index contributed by atoms with van der Waals surface area (Å²) in [5, 5.41) is 0. The van der Waals surface area contributed by atoms with E-state index in [0.717, 1.165) is 18.3 Å². The molecule has 0 unspecified atom stereocenters. The molecular weight excluding hydrogens is 252 g/mol. The van der Waals surface area contributed by atoms with Gasteiger partial charge < -0.3 is 0 Å². The molecule has 21 heavy (non-hydrogen) atoms. The quantitative estimate of drug-likeness (QED) is 0.450. The van der Waals surface area contributed by atoms with Gasteiger partial charge in [-0.1, -0.05) is 100.0 Å². The van der Waals surface area contributed by atoms with E-state index in [2.05, 4.69) is 48.1 Å². The normalized spacial score (nSPS) is 20.7. The molecule has 130 valence electrons. The zero-order valence-electron chi connectivity index (χ0n) is 17.1. The van der Waals surface area contributed by atoms with Gasteiger partial charge in [0.15, 0.2) is 0 Å².